The lowest BCUT2D eigenvalue weighted by Crippen LogP contribution is -2.39. The lowest BCUT2D eigenvalue weighted by atomic mass is 9.75. The van der Waals surface area contributed by atoms with Gasteiger partial charge in [0, 0.05) is 6.04 Å². The second kappa shape index (κ2) is 5.34. The number of nitrogens with one attached hydrogen (secondary N) is 1. The molecule has 0 spiro atoms. The summed E-state index contributed by atoms with van der Waals surface area (Å²) in [6, 6.07) is 0.773. The van der Waals surface area contributed by atoms with Crippen molar-refractivity contribution in [2.45, 2.75) is 66.3 Å². The third kappa shape index (κ3) is 4.55. The molecule has 90 valence electrons. The van der Waals surface area contributed by atoms with Gasteiger partial charge in [-0.2, -0.15) is 0 Å². The highest BCUT2D eigenvalue weighted by molar-refractivity contribution is 4.83. The molecule has 1 heteroatoms. The van der Waals surface area contributed by atoms with E-state index in [1.54, 1.807) is 0 Å². The Bertz CT molecular complexity index is 184. The van der Waals surface area contributed by atoms with Crippen LogP contribution in [-0.4, -0.2) is 12.6 Å². The van der Waals surface area contributed by atoms with Crippen LogP contribution in [-0.2, 0) is 0 Å². The molecule has 0 aliphatic heterocycles. The SMILES string of the molecule is CC(C)C(C)CNC1CCCC(C)(C)C1. The Morgan fingerprint density at radius 3 is 2.47 bits per heavy atom. The van der Waals surface area contributed by atoms with Gasteiger partial charge in [0.05, 0.1) is 0 Å². The second-order valence-corrected chi connectivity index (χ2v) is 6.59. The highest BCUT2D eigenvalue weighted by Crippen LogP contribution is 2.35. The predicted molar refractivity (Wildman–Crippen MR) is 68.0 cm³/mol. The minimum atomic E-state index is 0.566. The maximum Gasteiger partial charge on any atom is 0.00722 e. The van der Waals surface area contributed by atoms with Crippen LogP contribution in [0.2, 0.25) is 0 Å². The molecule has 0 heterocycles. The molecule has 1 fully saturated rings. The molecule has 15 heavy (non-hydrogen) atoms. The van der Waals surface area contributed by atoms with Crippen molar-refractivity contribution in [1.82, 2.24) is 5.32 Å². The second-order valence-electron chi connectivity index (χ2n) is 6.59. The minimum Gasteiger partial charge on any atom is -0.314 e. The topological polar surface area (TPSA) is 12.0 Å². The first-order valence-electron chi connectivity index (χ1n) is 6.64. The van der Waals surface area contributed by atoms with Crippen LogP contribution in [0.15, 0.2) is 0 Å². The molecule has 2 atom stereocenters. The predicted octanol–water partition coefficient (Wildman–Crippen LogP) is 3.84. The normalized spacial score (nSPS) is 28.0. The van der Waals surface area contributed by atoms with Crippen LogP contribution in [0.3, 0.4) is 0 Å². The summed E-state index contributed by atoms with van der Waals surface area (Å²) in [4.78, 5) is 0. The van der Waals surface area contributed by atoms with Crippen molar-refractivity contribution in [3.8, 4) is 0 Å². The van der Waals surface area contributed by atoms with Crippen LogP contribution in [0.1, 0.15) is 60.3 Å². The van der Waals surface area contributed by atoms with Crippen molar-refractivity contribution >= 4 is 0 Å². The standard InChI is InChI=1S/C14H29N/c1-11(2)12(3)10-15-13-7-6-8-14(4,5)9-13/h11-13,15H,6-10H2,1-5H3. The highest BCUT2D eigenvalue weighted by atomic mass is 14.9. The third-order valence-corrected chi connectivity index (χ3v) is 4.07. The number of hydrogen-bond donors (Lipinski definition) is 1. The van der Waals surface area contributed by atoms with Gasteiger partial charge in [0.25, 0.3) is 0 Å². The minimum absolute atomic E-state index is 0.566. The molecule has 0 aromatic carbocycles. The molecule has 0 aromatic heterocycles. The molecular weight excluding hydrogens is 182 g/mol. The smallest absolute Gasteiger partial charge is 0.00722 e. The van der Waals surface area contributed by atoms with E-state index in [0.29, 0.717) is 5.41 Å². The third-order valence-electron chi connectivity index (χ3n) is 4.07. The van der Waals surface area contributed by atoms with Crippen LogP contribution >= 0.6 is 0 Å². The van der Waals surface area contributed by atoms with E-state index in [2.05, 4.69) is 39.9 Å². The van der Waals surface area contributed by atoms with Gasteiger partial charge in [0.1, 0.15) is 0 Å². The summed E-state index contributed by atoms with van der Waals surface area (Å²) in [6.07, 6.45) is 5.55. The van der Waals surface area contributed by atoms with Gasteiger partial charge in [-0.25, -0.2) is 0 Å². The van der Waals surface area contributed by atoms with Crippen LogP contribution in [0.25, 0.3) is 0 Å². The van der Waals surface area contributed by atoms with E-state index >= 15 is 0 Å². The van der Waals surface area contributed by atoms with Crippen molar-refractivity contribution < 1.29 is 0 Å². The van der Waals surface area contributed by atoms with Gasteiger partial charge < -0.3 is 5.32 Å². The molecule has 1 aliphatic carbocycles. The van der Waals surface area contributed by atoms with Crippen LogP contribution < -0.4 is 5.32 Å². The highest BCUT2D eigenvalue weighted by Gasteiger charge is 2.27. The van der Waals surface area contributed by atoms with Gasteiger partial charge in [0.2, 0.25) is 0 Å². The number of rotatable bonds is 4. The molecule has 0 radical (unpaired) electrons. The molecule has 2 unspecified atom stereocenters. The summed E-state index contributed by atoms with van der Waals surface area (Å²) >= 11 is 0. The Balaban J connectivity index is 2.27. The van der Waals surface area contributed by atoms with E-state index in [1.165, 1.54) is 32.2 Å². The van der Waals surface area contributed by atoms with Crippen LogP contribution in [0, 0.1) is 17.3 Å². The van der Waals surface area contributed by atoms with Crippen molar-refractivity contribution in [2.24, 2.45) is 17.3 Å². The summed E-state index contributed by atoms with van der Waals surface area (Å²) in [5, 5.41) is 3.76. The van der Waals surface area contributed by atoms with E-state index < -0.39 is 0 Å². The Hall–Kier alpha value is -0.0400. The Morgan fingerprint density at radius 1 is 1.27 bits per heavy atom. The lowest BCUT2D eigenvalue weighted by Gasteiger charge is -2.36. The fourth-order valence-electron chi connectivity index (χ4n) is 2.46. The molecule has 0 bridgehead atoms. The van der Waals surface area contributed by atoms with E-state index in [-0.39, 0.29) is 0 Å². The molecule has 0 saturated heterocycles. The summed E-state index contributed by atoms with van der Waals surface area (Å²) in [7, 11) is 0. The quantitative estimate of drug-likeness (QED) is 0.745. The molecule has 1 saturated carbocycles. The van der Waals surface area contributed by atoms with Gasteiger partial charge in [0.15, 0.2) is 0 Å². The Labute approximate surface area is 96.0 Å². The Morgan fingerprint density at radius 2 is 1.93 bits per heavy atom. The van der Waals surface area contributed by atoms with Crippen molar-refractivity contribution in [1.29, 1.82) is 0 Å². The first kappa shape index (κ1) is 13.0. The molecule has 0 aromatic rings. The molecule has 1 rings (SSSR count). The average molecular weight is 211 g/mol. The van der Waals surface area contributed by atoms with Gasteiger partial charge in [-0.15, -0.1) is 0 Å². The van der Waals surface area contributed by atoms with E-state index in [9.17, 15) is 0 Å². The molecule has 1 nitrogen and oxygen atoms in total. The van der Waals surface area contributed by atoms with Crippen LogP contribution in [0.5, 0.6) is 0 Å². The largest absolute Gasteiger partial charge is 0.314 e. The summed E-state index contributed by atoms with van der Waals surface area (Å²) in [5.41, 5.74) is 0.566. The molecular formula is C14H29N. The fraction of sp³-hybridized carbons (Fsp3) is 1.00. The van der Waals surface area contributed by atoms with Crippen molar-refractivity contribution in [2.75, 3.05) is 6.54 Å². The van der Waals surface area contributed by atoms with Crippen LogP contribution in [0.4, 0.5) is 0 Å². The number of hydrogen-bond acceptors (Lipinski definition) is 1. The van der Waals surface area contributed by atoms with E-state index in [4.69, 9.17) is 0 Å². The summed E-state index contributed by atoms with van der Waals surface area (Å²) in [5.74, 6) is 1.60. The van der Waals surface area contributed by atoms with E-state index in [0.717, 1.165) is 17.9 Å². The zero-order valence-electron chi connectivity index (χ0n) is 11.3. The van der Waals surface area contributed by atoms with Crippen molar-refractivity contribution in [3.63, 3.8) is 0 Å². The monoisotopic (exact) mass is 211 g/mol. The maximum atomic E-state index is 3.76. The maximum absolute atomic E-state index is 3.76. The first-order valence-corrected chi connectivity index (χ1v) is 6.64. The zero-order valence-corrected chi connectivity index (χ0v) is 11.3. The Kier molecular flexibility index (Phi) is 4.64. The van der Waals surface area contributed by atoms with Gasteiger partial charge in [-0.05, 0) is 43.1 Å². The average Bonchev–Trinajstić information content (AvgIpc) is 2.12. The van der Waals surface area contributed by atoms with Gasteiger partial charge in [-0.3, -0.25) is 0 Å². The first-order chi connectivity index (χ1) is 6.91. The molecule has 0 amide bonds. The van der Waals surface area contributed by atoms with E-state index in [1.807, 2.05) is 0 Å². The molecule has 1 N–H and O–H groups in total. The zero-order chi connectivity index (χ0) is 11.5. The van der Waals surface area contributed by atoms with Gasteiger partial charge >= 0.3 is 0 Å². The molecule has 1 aliphatic rings. The van der Waals surface area contributed by atoms with Crippen molar-refractivity contribution in [3.05, 3.63) is 0 Å². The lowest BCUT2D eigenvalue weighted by molar-refractivity contribution is 0.191. The fourth-order valence-corrected chi connectivity index (χ4v) is 2.46. The van der Waals surface area contributed by atoms with Gasteiger partial charge in [-0.1, -0.05) is 41.0 Å². The summed E-state index contributed by atoms with van der Waals surface area (Å²) < 4.78 is 0. The summed E-state index contributed by atoms with van der Waals surface area (Å²) in [6.45, 7) is 13.0.